The molecule has 0 unspecified atom stereocenters. The first-order chi connectivity index (χ1) is 25.7. The zero-order valence-electron chi connectivity index (χ0n) is 30.0. The summed E-state index contributed by atoms with van der Waals surface area (Å²) < 4.78 is 33.9. The quantitative estimate of drug-likeness (QED) is 0.115. The fourth-order valence-corrected chi connectivity index (χ4v) is 8.79. The number of amides is 2. The number of ether oxygens (including phenoxy) is 1. The van der Waals surface area contributed by atoms with Crippen LogP contribution in [-0.4, -0.2) is 61.3 Å². The van der Waals surface area contributed by atoms with Crippen LogP contribution in [0, 0.1) is 12.8 Å². The van der Waals surface area contributed by atoms with Gasteiger partial charge in [-0.15, -0.1) is 0 Å². The summed E-state index contributed by atoms with van der Waals surface area (Å²) in [4.78, 5) is 50.3. The third-order valence-electron chi connectivity index (χ3n) is 9.64. The van der Waals surface area contributed by atoms with Crippen LogP contribution in [0.1, 0.15) is 80.4 Å². The van der Waals surface area contributed by atoms with Gasteiger partial charge >= 0.3 is 11.9 Å². The van der Waals surface area contributed by atoms with Gasteiger partial charge in [0.25, 0.3) is 11.8 Å². The number of aryl methyl sites for hydroxylation is 3. The lowest BCUT2D eigenvalue weighted by Gasteiger charge is -2.34. The fourth-order valence-electron chi connectivity index (χ4n) is 6.72. The SMILES string of the molecule is CCN(C1CCC(C(=O)OC)CC1)S(=O)(=O)c1cccc(C(=O)Nc2cc(Cl)c(Cl)cc2C(=O)Nc2ccc(CCc3ccc(C(=O)O)c(C)c3)cc2)c1. The van der Waals surface area contributed by atoms with Crippen LogP contribution in [0.2, 0.25) is 10.0 Å². The van der Waals surface area contributed by atoms with Crippen molar-refractivity contribution in [2.75, 3.05) is 24.3 Å². The van der Waals surface area contributed by atoms with Gasteiger partial charge in [0.2, 0.25) is 10.0 Å². The molecule has 54 heavy (non-hydrogen) atoms. The number of hydrogen-bond donors (Lipinski definition) is 3. The van der Waals surface area contributed by atoms with E-state index in [-0.39, 0.29) is 61.8 Å². The molecule has 0 aromatic heterocycles. The van der Waals surface area contributed by atoms with Gasteiger partial charge in [-0.2, -0.15) is 4.31 Å². The van der Waals surface area contributed by atoms with Crippen molar-refractivity contribution < 1.29 is 37.4 Å². The molecule has 0 spiro atoms. The second kappa shape index (κ2) is 17.6. The van der Waals surface area contributed by atoms with E-state index in [2.05, 4.69) is 10.6 Å². The largest absolute Gasteiger partial charge is 0.478 e. The van der Waals surface area contributed by atoms with Crippen LogP contribution in [0.25, 0.3) is 0 Å². The standard InChI is InChI=1S/C40H41Cl2N3O8S/c1-4-45(30-17-13-27(14-18-30)40(50)53-3)54(51,52)31-7-5-6-28(21-31)37(46)44-36-23-35(42)34(41)22-33(36)38(47)43-29-15-10-25(11-16-29)8-9-26-12-19-32(39(48)49)24(2)20-26/h5-7,10-12,15-16,19-23,27,30H,4,8-9,13-14,17-18H2,1-3H3,(H,43,47)(H,44,46)(H,48,49). The summed E-state index contributed by atoms with van der Waals surface area (Å²) in [7, 11) is -2.66. The van der Waals surface area contributed by atoms with Crippen LogP contribution in [0.15, 0.2) is 83.8 Å². The number of methoxy groups -OCH3 is 1. The van der Waals surface area contributed by atoms with Gasteiger partial charge in [0.15, 0.2) is 0 Å². The minimum atomic E-state index is -4.00. The van der Waals surface area contributed by atoms with Crippen molar-refractivity contribution in [3.8, 4) is 0 Å². The molecule has 0 bridgehead atoms. The van der Waals surface area contributed by atoms with Crippen LogP contribution in [0.4, 0.5) is 11.4 Å². The van der Waals surface area contributed by atoms with Crippen molar-refractivity contribution in [3.05, 3.63) is 122 Å². The number of benzene rings is 4. The van der Waals surface area contributed by atoms with Crippen LogP contribution < -0.4 is 10.6 Å². The lowest BCUT2D eigenvalue weighted by Crippen LogP contribution is -2.43. The van der Waals surface area contributed by atoms with Crippen molar-refractivity contribution in [2.24, 2.45) is 5.92 Å². The van der Waals surface area contributed by atoms with Crippen molar-refractivity contribution >= 4 is 68.4 Å². The lowest BCUT2D eigenvalue weighted by atomic mass is 9.86. The molecule has 0 saturated heterocycles. The number of nitrogens with one attached hydrogen (secondary N) is 2. The molecule has 3 N–H and O–H groups in total. The van der Waals surface area contributed by atoms with Crippen LogP contribution in [-0.2, 0) is 32.4 Å². The molecule has 14 heteroatoms. The van der Waals surface area contributed by atoms with Crippen molar-refractivity contribution in [3.63, 3.8) is 0 Å². The third kappa shape index (κ3) is 9.48. The van der Waals surface area contributed by atoms with E-state index in [1.54, 1.807) is 38.1 Å². The van der Waals surface area contributed by atoms with Crippen molar-refractivity contribution in [2.45, 2.75) is 63.3 Å². The molecule has 1 aliphatic carbocycles. The Kier molecular flexibility index (Phi) is 13.2. The summed E-state index contributed by atoms with van der Waals surface area (Å²) in [6.45, 7) is 3.73. The molecule has 4 aromatic rings. The van der Waals surface area contributed by atoms with E-state index in [1.165, 1.54) is 47.8 Å². The second-order valence-corrected chi connectivity index (χ2v) is 15.8. The van der Waals surface area contributed by atoms with Gasteiger partial charge in [-0.05, 0) is 111 Å². The molecule has 0 atom stereocenters. The molecule has 11 nitrogen and oxygen atoms in total. The Morgan fingerprint density at radius 3 is 2.09 bits per heavy atom. The van der Waals surface area contributed by atoms with E-state index >= 15 is 0 Å². The normalized spacial score (nSPS) is 15.7. The van der Waals surface area contributed by atoms with Crippen LogP contribution >= 0.6 is 23.2 Å². The Morgan fingerprint density at radius 1 is 0.815 bits per heavy atom. The highest BCUT2D eigenvalue weighted by atomic mass is 35.5. The van der Waals surface area contributed by atoms with Gasteiger partial charge in [0.05, 0.1) is 44.8 Å². The van der Waals surface area contributed by atoms with Gasteiger partial charge in [-0.25, -0.2) is 13.2 Å². The Balaban J connectivity index is 1.27. The number of aromatic carboxylic acids is 1. The highest BCUT2D eigenvalue weighted by Crippen LogP contribution is 2.33. The van der Waals surface area contributed by atoms with Gasteiger partial charge in [-0.3, -0.25) is 14.4 Å². The molecule has 5 rings (SSSR count). The number of hydrogen-bond acceptors (Lipinski definition) is 7. The highest BCUT2D eigenvalue weighted by molar-refractivity contribution is 7.89. The maximum absolute atomic E-state index is 13.8. The summed E-state index contributed by atoms with van der Waals surface area (Å²) in [6, 6.07) is 20.6. The van der Waals surface area contributed by atoms with Crippen molar-refractivity contribution in [1.29, 1.82) is 0 Å². The molecule has 4 aromatic carbocycles. The molecular weight excluding hydrogens is 753 g/mol. The first-order valence-electron chi connectivity index (χ1n) is 17.4. The predicted molar refractivity (Wildman–Crippen MR) is 208 cm³/mol. The van der Waals surface area contributed by atoms with Gasteiger partial charge in [-0.1, -0.05) is 60.5 Å². The smallest absolute Gasteiger partial charge is 0.335 e. The maximum atomic E-state index is 13.8. The second-order valence-electron chi connectivity index (χ2n) is 13.1. The maximum Gasteiger partial charge on any atom is 0.335 e. The predicted octanol–water partition coefficient (Wildman–Crippen LogP) is 8.03. The number of carboxylic acids is 1. The van der Waals surface area contributed by atoms with Gasteiger partial charge in [0, 0.05) is 23.8 Å². The molecule has 0 aliphatic heterocycles. The van der Waals surface area contributed by atoms with E-state index in [0.29, 0.717) is 49.8 Å². The molecule has 1 saturated carbocycles. The number of carboxylic acid groups (broad SMARTS) is 1. The zero-order chi connectivity index (χ0) is 39.2. The van der Waals surface area contributed by atoms with E-state index in [0.717, 1.165) is 11.1 Å². The number of sulfonamides is 1. The molecule has 2 amide bonds. The molecule has 0 radical (unpaired) electrons. The molecule has 284 valence electrons. The van der Waals surface area contributed by atoms with Gasteiger partial charge in [0.1, 0.15) is 0 Å². The Hall–Kier alpha value is -4.75. The van der Waals surface area contributed by atoms with E-state index in [4.69, 9.17) is 27.9 Å². The fraction of sp³-hybridized carbons (Fsp3) is 0.300. The number of halogens is 2. The third-order valence-corrected chi connectivity index (χ3v) is 12.4. The first kappa shape index (κ1) is 40.4. The Morgan fingerprint density at radius 2 is 1.46 bits per heavy atom. The first-order valence-corrected chi connectivity index (χ1v) is 19.6. The lowest BCUT2D eigenvalue weighted by molar-refractivity contribution is -0.146. The minimum Gasteiger partial charge on any atom is -0.478 e. The van der Waals surface area contributed by atoms with Gasteiger partial charge < -0.3 is 20.5 Å². The van der Waals surface area contributed by atoms with Crippen LogP contribution in [0.3, 0.4) is 0 Å². The molecule has 0 heterocycles. The Bertz CT molecular complexity index is 2170. The number of rotatable bonds is 13. The molecular formula is C40H41Cl2N3O8S. The topological polar surface area (TPSA) is 159 Å². The van der Waals surface area contributed by atoms with Crippen LogP contribution in [0.5, 0.6) is 0 Å². The summed E-state index contributed by atoms with van der Waals surface area (Å²) in [5, 5.41) is 15.0. The average molecular weight is 795 g/mol. The summed E-state index contributed by atoms with van der Waals surface area (Å²) in [6.07, 6.45) is 3.44. The zero-order valence-corrected chi connectivity index (χ0v) is 32.4. The number of esters is 1. The van der Waals surface area contributed by atoms with E-state index < -0.39 is 27.8 Å². The minimum absolute atomic E-state index is 0.0329. The number of carbonyl (C=O) groups excluding carboxylic acids is 3. The number of anilines is 2. The molecule has 1 fully saturated rings. The van der Waals surface area contributed by atoms with E-state index in [1.807, 2.05) is 18.2 Å². The molecule has 1 aliphatic rings. The number of carbonyl (C=O) groups is 4. The van der Waals surface area contributed by atoms with Crippen molar-refractivity contribution in [1.82, 2.24) is 4.31 Å². The summed E-state index contributed by atoms with van der Waals surface area (Å²) in [5.74, 6) is -2.74. The number of nitrogens with zero attached hydrogens (tertiary/aromatic N) is 1. The average Bonchev–Trinajstić information content (AvgIpc) is 3.16. The summed E-state index contributed by atoms with van der Waals surface area (Å²) in [5.41, 5.74) is 3.63. The highest BCUT2D eigenvalue weighted by Gasteiger charge is 2.35. The van der Waals surface area contributed by atoms with E-state index in [9.17, 15) is 32.7 Å². The Labute approximate surface area is 324 Å². The monoisotopic (exact) mass is 793 g/mol. The summed E-state index contributed by atoms with van der Waals surface area (Å²) >= 11 is 12.6.